The average Bonchev–Trinajstić information content (AvgIpc) is 2.48. The third kappa shape index (κ3) is 1.54. The van der Waals surface area contributed by atoms with Gasteiger partial charge in [-0.05, 0) is 26.3 Å². The first-order valence-electron chi connectivity index (χ1n) is 4.79. The van der Waals surface area contributed by atoms with Crippen molar-refractivity contribution in [3.63, 3.8) is 0 Å². The first kappa shape index (κ1) is 8.56. The van der Waals surface area contributed by atoms with E-state index in [4.69, 9.17) is 0 Å². The summed E-state index contributed by atoms with van der Waals surface area (Å²) in [7, 11) is 0. The highest BCUT2D eigenvalue weighted by Crippen LogP contribution is 2.21. The topological polar surface area (TPSA) is 60.7 Å². The van der Waals surface area contributed by atoms with Crippen molar-refractivity contribution >= 4 is 0 Å². The van der Waals surface area contributed by atoms with Gasteiger partial charge in [0.1, 0.15) is 0 Å². The lowest BCUT2D eigenvalue weighted by molar-refractivity contribution is 0.409. The van der Waals surface area contributed by atoms with Gasteiger partial charge in [0.2, 0.25) is 0 Å². The number of aryl methyl sites for hydroxylation is 1. The van der Waals surface area contributed by atoms with Crippen LogP contribution in [0.15, 0.2) is 4.79 Å². The van der Waals surface area contributed by atoms with Crippen molar-refractivity contribution in [3.05, 3.63) is 21.6 Å². The molecule has 1 aromatic heterocycles. The zero-order chi connectivity index (χ0) is 9.26. The molecule has 1 fully saturated rings. The number of piperidine rings is 1. The van der Waals surface area contributed by atoms with E-state index in [2.05, 4.69) is 15.5 Å². The van der Waals surface area contributed by atoms with Crippen LogP contribution >= 0.6 is 0 Å². The summed E-state index contributed by atoms with van der Waals surface area (Å²) in [5, 5.41) is 8.83. The quantitative estimate of drug-likeness (QED) is 0.601. The Kier molecular flexibility index (Phi) is 2.22. The number of hydrogen-bond donors (Lipinski definition) is 3. The largest absolute Gasteiger partial charge is 0.310 e. The molecular formula is C9H15N3O. The van der Waals surface area contributed by atoms with Gasteiger partial charge in [-0.15, -0.1) is 0 Å². The lowest BCUT2D eigenvalue weighted by Crippen LogP contribution is -2.30. The summed E-state index contributed by atoms with van der Waals surface area (Å²) in [5.74, 6) is 0. The summed E-state index contributed by atoms with van der Waals surface area (Å²) < 4.78 is 0. The molecule has 3 N–H and O–H groups in total. The maximum Gasteiger partial charge on any atom is 0.268 e. The Hall–Kier alpha value is -1.03. The van der Waals surface area contributed by atoms with Gasteiger partial charge in [-0.25, -0.2) is 0 Å². The third-order valence-electron chi connectivity index (χ3n) is 2.67. The van der Waals surface area contributed by atoms with E-state index >= 15 is 0 Å². The second-order valence-corrected chi connectivity index (χ2v) is 3.62. The fourth-order valence-corrected chi connectivity index (χ4v) is 1.97. The van der Waals surface area contributed by atoms with Crippen molar-refractivity contribution < 1.29 is 0 Å². The molecule has 13 heavy (non-hydrogen) atoms. The summed E-state index contributed by atoms with van der Waals surface area (Å²) in [5.41, 5.74) is 1.88. The van der Waals surface area contributed by atoms with Gasteiger partial charge in [0.05, 0.1) is 5.56 Å². The molecule has 1 aromatic rings. The van der Waals surface area contributed by atoms with Gasteiger partial charge in [0.25, 0.3) is 5.56 Å². The van der Waals surface area contributed by atoms with Crippen LogP contribution in [0.4, 0.5) is 0 Å². The van der Waals surface area contributed by atoms with Crippen LogP contribution in [0, 0.1) is 6.92 Å². The Bertz CT molecular complexity index is 333. The van der Waals surface area contributed by atoms with Crippen molar-refractivity contribution in [1.29, 1.82) is 0 Å². The van der Waals surface area contributed by atoms with E-state index in [0.29, 0.717) is 0 Å². The van der Waals surface area contributed by atoms with Gasteiger partial charge in [-0.2, -0.15) is 0 Å². The summed E-state index contributed by atoms with van der Waals surface area (Å²) in [6.45, 7) is 2.96. The molecule has 0 saturated carbocycles. The van der Waals surface area contributed by atoms with Crippen LogP contribution < -0.4 is 10.9 Å². The van der Waals surface area contributed by atoms with Crippen molar-refractivity contribution in [1.82, 2.24) is 15.5 Å². The van der Waals surface area contributed by atoms with Crippen molar-refractivity contribution in [2.75, 3.05) is 6.54 Å². The fourth-order valence-electron chi connectivity index (χ4n) is 1.97. The Labute approximate surface area is 76.7 Å². The van der Waals surface area contributed by atoms with Crippen LogP contribution in [-0.4, -0.2) is 16.7 Å². The molecule has 72 valence electrons. The highest BCUT2D eigenvalue weighted by Gasteiger charge is 2.20. The summed E-state index contributed by atoms with van der Waals surface area (Å²) in [4.78, 5) is 11.4. The second kappa shape index (κ2) is 3.38. The molecule has 1 aliphatic rings. The molecule has 1 atom stereocenters. The highest BCUT2D eigenvalue weighted by atomic mass is 16.1. The number of H-pyrrole nitrogens is 2. The SMILES string of the molecule is Cc1[nH][nH]c(=O)c1C1CCCCN1. The van der Waals surface area contributed by atoms with Crippen LogP contribution in [0.25, 0.3) is 0 Å². The average molecular weight is 181 g/mol. The van der Waals surface area contributed by atoms with E-state index in [1.54, 1.807) is 0 Å². The van der Waals surface area contributed by atoms with Crippen LogP contribution in [0.1, 0.15) is 36.6 Å². The van der Waals surface area contributed by atoms with Crippen molar-refractivity contribution in [3.8, 4) is 0 Å². The molecule has 0 radical (unpaired) electrons. The molecule has 4 nitrogen and oxygen atoms in total. The molecule has 2 heterocycles. The number of rotatable bonds is 1. The van der Waals surface area contributed by atoms with Gasteiger partial charge in [0, 0.05) is 11.7 Å². The third-order valence-corrected chi connectivity index (χ3v) is 2.67. The van der Waals surface area contributed by atoms with Crippen LogP contribution in [0.3, 0.4) is 0 Å². The lowest BCUT2D eigenvalue weighted by atomic mass is 9.98. The number of nitrogens with one attached hydrogen (secondary N) is 3. The minimum atomic E-state index is 0.0249. The molecule has 1 aliphatic heterocycles. The number of aromatic amines is 2. The molecular weight excluding hydrogens is 166 g/mol. The van der Waals surface area contributed by atoms with Crippen LogP contribution in [-0.2, 0) is 0 Å². The molecule has 0 aliphatic carbocycles. The Morgan fingerprint density at radius 3 is 2.69 bits per heavy atom. The molecule has 0 aromatic carbocycles. The maximum atomic E-state index is 11.4. The van der Waals surface area contributed by atoms with Gasteiger partial charge >= 0.3 is 0 Å². The van der Waals surface area contributed by atoms with Crippen molar-refractivity contribution in [2.24, 2.45) is 0 Å². The monoisotopic (exact) mass is 181 g/mol. The fraction of sp³-hybridized carbons (Fsp3) is 0.667. The second-order valence-electron chi connectivity index (χ2n) is 3.62. The van der Waals surface area contributed by atoms with Crippen molar-refractivity contribution in [2.45, 2.75) is 32.2 Å². The molecule has 1 unspecified atom stereocenters. The molecule has 0 bridgehead atoms. The zero-order valence-corrected chi connectivity index (χ0v) is 7.81. The summed E-state index contributed by atoms with van der Waals surface area (Å²) in [6, 6.07) is 0.253. The molecule has 0 spiro atoms. The first-order valence-corrected chi connectivity index (χ1v) is 4.79. The zero-order valence-electron chi connectivity index (χ0n) is 7.81. The van der Waals surface area contributed by atoms with Gasteiger partial charge in [-0.1, -0.05) is 6.42 Å². The standard InChI is InChI=1S/C9H15N3O/c1-6-8(9(13)12-11-6)7-4-2-3-5-10-7/h7,10H,2-5H2,1H3,(H2,11,12,13). The smallest absolute Gasteiger partial charge is 0.268 e. The van der Waals surface area contributed by atoms with Crippen LogP contribution in [0.2, 0.25) is 0 Å². The predicted octanol–water partition coefficient (Wildman–Crippen LogP) is 0.826. The molecule has 1 saturated heterocycles. The molecule has 4 heteroatoms. The van der Waals surface area contributed by atoms with E-state index in [-0.39, 0.29) is 11.6 Å². The van der Waals surface area contributed by atoms with E-state index in [1.807, 2.05) is 6.92 Å². The minimum Gasteiger partial charge on any atom is -0.310 e. The first-order chi connectivity index (χ1) is 6.29. The van der Waals surface area contributed by atoms with E-state index < -0.39 is 0 Å². The number of aromatic nitrogens is 2. The van der Waals surface area contributed by atoms with Gasteiger partial charge in [0.15, 0.2) is 0 Å². The lowest BCUT2D eigenvalue weighted by Gasteiger charge is -2.22. The van der Waals surface area contributed by atoms with E-state index in [0.717, 1.165) is 24.2 Å². The minimum absolute atomic E-state index is 0.0249. The maximum absolute atomic E-state index is 11.4. The van der Waals surface area contributed by atoms with Crippen LogP contribution in [0.5, 0.6) is 0 Å². The number of hydrogen-bond acceptors (Lipinski definition) is 2. The highest BCUT2D eigenvalue weighted by molar-refractivity contribution is 5.19. The normalized spacial score (nSPS) is 23.3. The summed E-state index contributed by atoms with van der Waals surface area (Å²) in [6.07, 6.45) is 3.50. The predicted molar refractivity (Wildman–Crippen MR) is 50.7 cm³/mol. The Morgan fingerprint density at radius 1 is 1.31 bits per heavy atom. The van der Waals surface area contributed by atoms with Gasteiger partial charge < -0.3 is 10.4 Å². The van der Waals surface area contributed by atoms with Gasteiger partial charge in [-0.3, -0.25) is 9.89 Å². The Balaban J connectivity index is 2.27. The molecule has 2 rings (SSSR count). The Morgan fingerprint density at radius 2 is 2.15 bits per heavy atom. The van der Waals surface area contributed by atoms with E-state index in [9.17, 15) is 4.79 Å². The summed E-state index contributed by atoms with van der Waals surface area (Å²) >= 11 is 0. The van der Waals surface area contributed by atoms with E-state index in [1.165, 1.54) is 12.8 Å². The molecule has 0 amide bonds.